The van der Waals surface area contributed by atoms with Crippen molar-refractivity contribution < 1.29 is 14.3 Å². The summed E-state index contributed by atoms with van der Waals surface area (Å²) < 4.78 is 6.66. The van der Waals surface area contributed by atoms with Crippen LogP contribution in [0.4, 0.5) is 0 Å². The largest absolute Gasteiger partial charge is 0.508 e. The van der Waals surface area contributed by atoms with E-state index in [1.807, 2.05) is 36.4 Å². The topological polar surface area (TPSA) is 49.7 Å². The number of benzene rings is 2. The van der Waals surface area contributed by atoms with E-state index in [0.717, 1.165) is 36.1 Å². The van der Waals surface area contributed by atoms with Crippen LogP contribution in [0, 0.1) is 0 Å². The Bertz CT molecular complexity index is 639. The summed E-state index contributed by atoms with van der Waals surface area (Å²) >= 11 is 0. The predicted molar refractivity (Wildman–Crippen MR) is 109 cm³/mol. The third-order valence-corrected chi connectivity index (χ3v) is 11.9. The van der Waals surface area contributed by atoms with E-state index in [9.17, 15) is 10.2 Å². The highest BCUT2D eigenvalue weighted by Gasteiger charge is 2.32. The summed E-state index contributed by atoms with van der Waals surface area (Å²) in [6.45, 7) is 9.06. The van der Waals surface area contributed by atoms with Gasteiger partial charge >= 0.3 is 0 Å². The zero-order valence-electron chi connectivity index (χ0n) is 15.7. The van der Waals surface area contributed by atoms with Crippen LogP contribution in [0.3, 0.4) is 0 Å². The van der Waals surface area contributed by atoms with Gasteiger partial charge in [-0.3, -0.25) is 0 Å². The molecule has 0 heterocycles. The van der Waals surface area contributed by atoms with Gasteiger partial charge < -0.3 is 14.3 Å². The summed E-state index contributed by atoms with van der Waals surface area (Å²) in [5, 5.41) is 19.9. The molecule has 5 heteroatoms. The van der Waals surface area contributed by atoms with Gasteiger partial charge in [0, 0.05) is 0 Å². The monoisotopic (exact) mass is 374 g/mol. The number of phenols is 2. The van der Waals surface area contributed by atoms with Crippen LogP contribution in [-0.4, -0.2) is 26.8 Å². The fraction of sp³-hybridized carbons (Fsp3) is 0.400. The zero-order chi connectivity index (χ0) is 18.5. The van der Waals surface area contributed by atoms with Gasteiger partial charge in [0.25, 0.3) is 0 Å². The second kappa shape index (κ2) is 8.21. The van der Waals surface area contributed by atoms with Gasteiger partial charge in [0.05, 0.1) is 0 Å². The summed E-state index contributed by atoms with van der Waals surface area (Å²) in [6.07, 6.45) is 1.71. The van der Waals surface area contributed by atoms with Crippen molar-refractivity contribution in [1.29, 1.82) is 0 Å². The molecule has 2 rings (SSSR count). The molecule has 0 spiro atoms. The molecule has 0 amide bonds. The lowest BCUT2D eigenvalue weighted by Gasteiger charge is -2.34. The smallest absolute Gasteiger partial charge is 0.173 e. The maximum Gasteiger partial charge on any atom is 0.173 e. The van der Waals surface area contributed by atoms with Crippen LogP contribution in [0.1, 0.15) is 11.1 Å². The number of para-hydroxylation sites is 2. The Morgan fingerprint density at radius 1 is 0.680 bits per heavy atom. The molecule has 0 aliphatic carbocycles. The van der Waals surface area contributed by atoms with Gasteiger partial charge in [0.15, 0.2) is 16.6 Å². The Kier molecular flexibility index (Phi) is 6.49. The maximum absolute atomic E-state index is 9.94. The van der Waals surface area contributed by atoms with E-state index < -0.39 is 16.6 Å². The van der Waals surface area contributed by atoms with Crippen molar-refractivity contribution >= 4 is 16.6 Å². The Labute approximate surface area is 153 Å². The molecular weight excluding hydrogens is 344 g/mol. The van der Waals surface area contributed by atoms with Gasteiger partial charge in [-0.15, -0.1) is 0 Å². The Hall–Kier alpha value is -1.57. The van der Waals surface area contributed by atoms with E-state index in [0.29, 0.717) is 11.5 Å². The highest BCUT2D eigenvalue weighted by molar-refractivity contribution is 6.84. The maximum atomic E-state index is 9.94. The first kappa shape index (κ1) is 19.8. The number of aromatic hydroxyl groups is 2. The molecule has 0 fully saturated rings. The average Bonchev–Trinajstić information content (AvgIpc) is 2.52. The third-order valence-electron chi connectivity index (χ3n) is 4.53. The van der Waals surface area contributed by atoms with Gasteiger partial charge in [-0.05, 0) is 74.4 Å². The summed E-state index contributed by atoms with van der Waals surface area (Å²) in [4.78, 5) is 0. The van der Waals surface area contributed by atoms with E-state index >= 15 is 0 Å². The zero-order valence-corrected chi connectivity index (χ0v) is 17.7. The molecule has 0 aliphatic rings. The summed E-state index contributed by atoms with van der Waals surface area (Å²) in [6, 6.07) is 17.1. The van der Waals surface area contributed by atoms with Crippen molar-refractivity contribution in [3.8, 4) is 11.5 Å². The number of phenolic OH excluding ortho intramolecular Hbond substituents is 2. The van der Waals surface area contributed by atoms with Crippen LogP contribution in [0.5, 0.6) is 11.5 Å². The van der Waals surface area contributed by atoms with Crippen molar-refractivity contribution in [3.63, 3.8) is 0 Å². The number of hydrogen-bond donors (Lipinski definition) is 2. The van der Waals surface area contributed by atoms with Gasteiger partial charge in [0.1, 0.15) is 11.5 Å². The van der Waals surface area contributed by atoms with Gasteiger partial charge in [0.2, 0.25) is 0 Å². The molecule has 136 valence electrons. The predicted octanol–water partition coefficient (Wildman–Crippen LogP) is 5.31. The van der Waals surface area contributed by atoms with Gasteiger partial charge in [-0.1, -0.05) is 36.4 Å². The van der Waals surface area contributed by atoms with Crippen LogP contribution in [0.15, 0.2) is 48.5 Å². The van der Waals surface area contributed by atoms with Crippen molar-refractivity contribution in [2.24, 2.45) is 0 Å². The Balaban J connectivity index is 1.91. The van der Waals surface area contributed by atoms with Crippen LogP contribution >= 0.6 is 0 Å². The molecule has 0 radical (unpaired) electrons. The number of rotatable bonds is 8. The van der Waals surface area contributed by atoms with Gasteiger partial charge in [-0.25, -0.2) is 0 Å². The number of hydrogen-bond acceptors (Lipinski definition) is 3. The minimum atomic E-state index is -1.81. The lowest BCUT2D eigenvalue weighted by atomic mass is 10.1. The Morgan fingerprint density at radius 2 is 1.04 bits per heavy atom. The standard InChI is InChI=1S/C20H30O3Si2/c1-24(2,15-13-17-9-5-7-11-19(17)21)23-25(3,4)16-14-18-10-6-8-12-20(18)22/h5-12,21-22H,13-16H2,1-4H3. The molecule has 0 saturated heterocycles. The first-order valence-corrected chi connectivity index (χ1v) is 15.2. The SMILES string of the molecule is C[Si](C)(CCc1ccccc1O)O[Si](C)(C)CCc1ccccc1O. The van der Waals surface area contributed by atoms with Gasteiger partial charge in [-0.2, -0.15) is 0 Å². The first-order chi connectivity index (χ1) is 11.7. The molecular formula is C20H30O3Si2. The Morgan fingerprint density at radius 3 is 1.40 bits per heavy atom. The summed E-state index contributed by atoms with van der Waals surface area (Å²) in [5.74, 6) is 0.756. The highest BCUT2D eigenvalue weighted by Crippen LogP contribution is 2.27. The van der Waals surface area contributed by atoms with E-state index in [4.69, 9.17) is 4.12 Å². The fourth-order valence-electron chi connectivity index (χ4n) is 3.17. The third kappa shape index (κ3) is 6.34. The first-order valence-electron chi connectivity index (χ1n) is 8.92. The quantitative estimate of drug-likeness (QED) is 0.616. The lowest BCUT2D eigenvalue weighted by Crippen LogP contribution is -2.44. The molecule has 0 atom stereocenters. The van der Waals surface area contributed by atoms with Crippen molar-refractivity contribution in [2.75, 3.05) is 0 Å². The molecule has 0 bridgehead atoms. The minimum Gasteiger partial charge on any atom is -0.508 e. The summed E-state index contributed by atoms with van der Waals surface area (Å²) in [5.41, 5.74) is 2.00. The molecule has 2 N–H and O–H groups in total. The van der Waals surface area contributed by atoms with Crippen LogP contribution in [0.25, 0.3) is 0 Å². The molecule has 2 aromatic carbocycles. The molecule has 0 aliphatic heterocycles. The molecule has 2 aromatic rings. The molecule has 0 aromatic heterocycles. The normalized spacial score (nSPS) is 12.3. The molecule has 3 nitrogen and oxygen atoms in total. The van der Waals surface area contributed by atoms with Crippen molar-refractivity contribution in [3.05, 3.63) is 59.7 Å². The van der Waals surface area contributed by atoms with Crippen LogP contribution in [-0.2, 0) is 17.0 Å². The molecule has 0 saturated carbocycles. The van der Waals surface area contributed by atoms with E-state index in [2.05, 4.69) is 26.2 Å². The fourth-order valence-corrected chi connectivity index (χ4v) is 11.7. The average molecular weight is 375 g/mol. The molecule has 25 heavy (non-hydrogen) atoms. The van der Waals surface area contributed by atoms with E-state index in [-0.39, 0.29) is 0 Å². The van der Waals surface area contributed by atoms with E-state index in [1.54, 1.807) is 12.1 Å². The van der Waals surface area contributed by atoms with Crippen molar-refractivity contribution in [1.82, 2.24) is 0 Å². The summed E-state index contributed by atoms with van der Waals surface area (Å²) in [7, 11) is -3.62. The highest BCUT2D eigenvalue weighted by atomic mass is 28.4. The second-order valence-corrected chi connectivity index (χ2v) is 16.7. The van der Waals surface area contributed by atoms with Crippen LogP contribution in [0.2, 0.25) is 38.3 Å². The minimum absolute atomic E-state index is 0.378. The van der Waals surface area contributed by atoms with Crippen molar-refractivity contribution in [2.45, 2.75) is 51.1 Å². The van der Waals surface area contributed by atoms with Crippen LogP contribution < -0.4 is 0 Å². The molecule has 0 unspecified atom stereocenters. The van der Waals surface area contributed by atoms with E-state index in [1.165, 1.54) is 0 Å². The lowest BCUT2D eigenvalue weighted by molar-refractivity contribution is 0.467. The second-order valence-electron chi connectivity index (χ2n) is 7.88. The number of aryl methyl sites for hydroxylation is 2.